The van der Waals surface area contributed by atoms with E-state index < -0.39 is 0 Å². The second-order valence-corrected chi connectivity index (χ2v) is 6.98. The Balaban J connectivity index is 2.01. The number of piperidine rings is 1. The van der Waals surface area contributed by atoms with Crippen molar-refractivity contribution in [1.29, 1.82) is 0 Å². The molecule has 1 saturated heterocycles. The molecule has 0 bridgehead atoms. The lowest BCUT2D eigenvalue weighted by Gasteiger charge is -2.40. The lowest BCUT2D eigenvalue weighted by molar-refractivity contribution is 0.117. The van der Waals surface area contributed by atoms with Crippen molar-refractivity contribution in [2.24, 2.45) is 0 Å². The largest absolute Gasteiger partial charge is 0.399 e. The monoisotopic (exact) mass is 275 g/mol. The van der Waals surface area contributed by atoms with Crippen LogP contribution in [0.2, 0.25) is 0 Å². The van der Waals surface area contributed by atoms with Gasteiger partial charge in [-0.05, 0) is 51.2 Å². The molecular formula is C17H29N3. The van der Waals surface area contributed by atoms with Gasteiger partial charge in [0.25, 0.3) is 0 Å². The summed E-state index contributed by atoms with van der Waals surface area (Å²) in [5.74, 6) is 0. The number of likely N-dealkylation sites (N-methyl/N-ethyl adjacent to an activating group) is 2. The van der Waals surface area contributed by atoms with Crippen molar-refractivity contribution in [2.75, 3.05) is 39.5 Å². The van der Waals surface area contributed by atoms with Crippen molar-refractivity contribution in [1.82, 2.24) is 9.80 Å². The zero-order valence-corrected chi connectivity index (χ0v) is 13.4. The number of rotatable bonds is 4. The maximum atomic E-state index is 5.79. The van der Waals surface area contributed by atoms with E-state index in [2.05, 4.69) is 49.9 Å². The Morgan fingerprint density at radius 3 is 2.55 bits per heavy atom. The fourth-order valence-corrected chi connectivity index (χ4v) is 3.28. The van der Waals surface area contributed by atoms with Crippen LogP contribution in [0.3, 0.4) is 0 Å². The van der Waals surface area contributed by atoms with Gasteiger partial charge in [-0.2, -0.15) is 0 Å². The molecule has 0 aromatic heterocycles. The van der Waals surface area contributed by atoms with Crippen LogP contribution in [0.25, 0.3) is 0 Å². The molecule has 1 atom stereocenters. The van der Waals surface area contributed by atoms with E-state index >= 15 is 0 Å². The fourth-order valence-electron chi connectivity index (χ4n) is 3.28. The van der Waals surface area contributed by atoms with E-state index in [0.717, 1.165) is 12.2 Å². The summed E-state index contributed by atoms with van der Waals surface area (Å²) in [6.07, 6.45) is 2.63. The predicted molar refractivity (Wildman–Crippen MR) is 87.0 cm³/mol. The minimum atomic E-state index is 0.151. The number of nitrogens with two attached hydrogens (primary N) is 1. The van der Waals surface area contributed by atoms with Crippen LogP contribution in [-0.4, -0.2) is 49.6 Å². The van der Waals surface area contributed by atoms with Crippen LogP contribution in [-0.2, 0) is 5.41 Å². The zero-order valence-electron chi connectivity index (χ0n) is 13.4. The number of likely N-dealkylation sites (tertiary alicyclic amines) is 1. The molecule has 0 saturated carbocycles. The first-order valence-corrected chi connectivity index (χ1v) is 7.63. The fraction of sp³-hybridized carbons (Fsp3) is 0.647. The summed E-state index contributed by atoms with van der Waals surface area (Å²) in [4.78, 5) is 4.98. The summed E-state index contributed by atoms with van der Waals surface area (Å²) >= 11 is 0. The topological polar surface area (TPSA) is 32.5 Å². The van der Waals surface area contributed by atoms with Crippen LogP contribution >= 0.6 is 0 Å². The van der Waals surface area contributed by atoms with Crippen molar-refractivity contribution in [2.45, 2.75) is 38.1 Å². The first-order chi connectivity index (χ1) is 9.38. The van der Waals surface area contributed by atoms with Gasteiger partial charge in [-0.15, -0.1) is 0 Å². The highest BCUT2D eigenvalue weighted by Crippen LogP contribution is 2.26. The number of nitrogen functional groups attached to an aromatic ring is 1. The second-order valence-electron chi connectivity index (χ2n) is 6.98. The lowest BCUT2D eigenvalue weighted by atomic mass is 9.83. The molecule has 1 fully saturated rings. The van der Waals surface area contributed by atoms with Gasteiger partial charge in [0.2, 0.25) is 0 Å². The molecule has 20 heavy (non-hydrogen) atoms. The van der Waals surface area contributed by atoms with E-state index in [9.17, 15) is 0 Å². The highest BCUT2D eigenvalue weighted by molar-refractivity contribution is 5.41. The van der Waals surface area contributed by atoms with Crippen molar-refractivity contribution < 1.29 is 0 Å². The molecule has 3 heteroatoms. The number of hydrogen-bond acceptors (Lipinski definition) is 3. The molecule has 3 nitrogen and oxygen atoms in total. The molecule has 1 unspecified atom stereocenters. The average Bonchev–Trinajstić information content (AvgIpc) is 2.38. The van der Waals surface area contributed by atoms with Crippen LogP contribution in [0.4, 0.5) is 5.69 Å². The molecule has 1 aromatic rings. The summed E-state index contributed by atoms with van der Waals surface area (Å²) < 4.78 is 0. The number of nitrogens with zero attached hydrogens (tertiary/aromatic N) is 2. The predicted octanol–water partition coefficient (Wildman–Crippen LogP) is 2.57. The third-order valence-corrected chi connectivity index (χ3v) is 4.56. The summed E-state index contributed by atoms with van der Waals surface area (Å²) in [7, 11) is 4.49. The van der Waals surface area contributed by atoms with Crippen LogP contribution in [0, 0.1) is 0 Å². The van der Waals surface area contributed by atoms with E-state index in [4.69, 9.17) is 5.73 Å². The first-order valence-electron chi connectivity index (χ1n) is 7.63. The van der Waals surface area contributed by atoms with Gasteiger partial charge in [0.05, 0.1) is 0 Å². The maximum Gasteiger partial charge on any atom is 0.0314 e. The SMILES string of the molecule is CN1CCCC(N(C)CC(C)(C)c2ccc(N)cc2)C1. The summed E-state index contributed by atoms with van der Waals surface area (Å²) in [6, 6.07) is 9.02. The van der Waals surface area contributed by atoms with Crippen molar-refractivity contribution in [3.63, 3.8) is 0 Å². The van der Waals surface area contributed by atoms with Gasteiger partial charge in [0.1, 0.15) is 0 Å². The minimum Gasteiger partial charge on any atom is -0.399 e. The highest BCUT2D eigenvalue weighted by atomic mass is 15.2. The van der Waals surface area contributed by atoms with Crippen molar-refractivity contribution in [3.05, 3.63) is 29.8 Å². The Labute approximate surface area is 123 Å². The number of anilines is 1. The van der Waals surface area contributed by atoms with Gasteiger partial charge in [-0.25, -0.2) is 0 Å². The summed E-state index contributed by atoms with van der Waals surface area (Å²) in [5.41, 5.74) is 8.14. The van der Waals surface area contributed by atoms with Gasteiger partial charge >= 0.3 is 0 Å². The molecule has 0 radical (unpaired) electrons. The van der Waals surface area contributed by atoms with E-state index in [1.54, 1.807) is 0 Å². The molecule has 1 aliphatic heterocycles. The number of benzene rings is 1. The highest BCUT2D eigenvalue weighted by Gasteiger charge is 2.27. The molecule has 0 amide bonds. The molecule has 1 heterocycles. The van der Waals surface area contributed by atoms with Gasteiger partial charge in [-0.1, -0.05) is 26.0 Å². The van der Waals surface area contributed by atoms with Crippen LogP contribution in [0.15, 0.2) is 24.3 Å². The molecule has 1 aromatic carbocycles. The maximum absolute atomic E-state index is 5.79. The Kier molecular flexibility index (Phi) is 4.71. The third kappa shape index (κ3) is 3.74. The lowest BCUT2D eigenvalue weighted by Crippen LogP contribution is -2.48. The Hall–Kier alpha value is -1.06. The van der Waals surface area contributed by atoms with Gasteiger partial charge in [0, 0.05) is 30.2 Å². The molecule has 0 aliphatic carbocycles. The van der Waals surface area contributed by atoms with E-state index in [-0.39, 0.29) is 5.41 Å². The normalized spacial score (nSPS) is 21.4. The Morgan fingerprint density at radius 2 is 1.95 bits per heavy atom. The van der Waals surface area contributed by atoms with Crippen LogP contribution in [0.5, 0.6) is 0 Å². The quantitative estimate of drug-likeness (QED) is 0.857. The minimum absolute atomic E-state index is 0.151. The smallest absolute Gasteiger partial charge is 0.0314 e. The first kappa shape index (κ1) is 15.3. The van der Waals surface area contributed by atoms with E-state index in [0.29, 0.717) is 6.04 Å². The number of hydrogen-bond donors (Lipinski definition) is 1. The standard InChI is InChI=1S/C17H29N3/c1-17(2,14-7-9-15(18)10-8-14)13-20(4)16-6-5-11-19(3)12-16/h7-10,16H,5-6,11-13,18H2,1-4H3. The van der Waals surface area contributed by atoms with E-state index in [1.807, 2.05) is 12.1 Å². The summed E-state index contributed by atoms with van der Waals surface area (Å²) in [5, 5.41) is 0. The molecule has 112 valence electrons. The molecule has 2 rings (SSSR count). The molecular weight excluding hydrogens is 246 g/mol. The summed E-state index contributed by atoms with van der Waals surface area (Å²) in [6.45, 7) is 8.15. The van der Waals surface area contributed by atoms with Gasteiger partial charge < -0.3 is 15.5 Å². The molecule has 2 N–H and O–H groups in total. The van der Waals surface area contributed by atoms with E-state index in [1.165, 1.54) is 31.5 Å². The Morgan fingerprint density at radius 1 is 1.30 bits per heavy atom. The van der Waals surface area contributed by atoms with Crippen LogP contribution < -0.4 is 5.73 Å². The van der Waals surface area contributed by atoms with Gasteiger partial charge in [-0.3, -0.25) is 0 Å². The van der Waals surface area contributed by atoms with Gasteiger partial charge in [0.15, 0.2) is 0 Å². The molecule has 0 spiro atoms. The van der Waals surface area contributed by atoms with Crippen molar-refractivity contribution in [3.8, 4) is 0 Å². The third-order valence-electron chi connectivity index (χ3n) is 4.56. The molecule has 1 aliphatic rings. The average molecular weight is 275 g/mol. The second kappa shape index (κ2) is 6.15. The Bertz CT molecular complexity index is 424. The van der Waals surface area contributed by atoms with Crippen molar-refractivity contribution >= 4 is 5.69 Å². The van der Waals surface area contributed by atoms with Crippen LogP contribution in [0.1, 0.15) is 32.3 Å². The zero-order chi connectivity index (χ0) is 14.8.